The van der Waals surface area contributed by atoms with E-state index in [4.69, 9.17) is 4.79 Å². The number of allylic oxidation sites excluding steroid dienone is 1. The van der Waals surface area contributed by atoms with Crippen molar-refractivity contribution in [1.29, 1.82) is 0 Å². The Morgan fingerprint density at radius 3 is 2.03 bits per heavy atom. The third-order valence-electron chi connectivity index (χ3n) is 4.43. The Labute approximate surface area is 222 Å². The lowest BCUT2D eigenvalue weighted by atomic mass is 9.99. The molecule has 1 aromatic heterocycles. The Balaban J connectivity index is 0.000000816. The summed E-state index contributed by atoms with van der Waals surface area (Å²) in [7, 11) is 4.51. The van der Waals surface area contributed by atoms with Crippen molar-refractivity contribution < 1.29 is 28.7 Å². The molecule has 0 saturated heterocycles. The van der Waals surface area contributed by atoms with Crippen LogP contribution in [0.25, 0.3) is 27.6 Å². The van der Waals surface area contributed by atoms with E-state index < -0.39 is 5.97 Å². The predicted octanol–water partition coefficient (Wildman–Crippen LogP) is 3.49. The number of nitrogens with zero attached hydrogens (tertiary/aromatic N) is 1. The Morgan fingerprint density at radius 2 is 1.55 bits per heavy atom. The number of rotatable bonds is 6. The van der Waals surface area contributed by atoms with Gasteiger partial charge in [-0.2, -0.15) is 0 Å². The quantitative estimate of drug-likeness (QED) is 0.372. The summed E-state index contributed by atoms with van der Waals surface area (Å²) in [4.78, 5) is 52.1. The van der Waals surface area contributed by atoms with Gasteiger partial charge in [0.25, 0.3) is 5.56 Å². The molecule has 2 aromatic carbocycles. The van der Waals surface area contributed by atoms with E-state index in [1.165, 1.54) is 21.0 Å². The lowest BCUT2D eigenvalue weighted by Gasteiger charge is -2.10. The molecule has 0 spiro atoms. The summed E-state index contributed by atoms with van der Waals surface area (Å²) >= 11 is 0. The summed E-state index contributed by atoms with van der Waals surface area (Å²) in [5.41, 5.74) is 3.33. The van der Waals surface area contributed by atoms with Gasteiger partial charge < -0.3 is 24.9 Å². The van der Waals surface area contributed by atoms with Gasteiger partial charge in [0.15, 0.2) is 0 Å². The number of hydrogen-bond donors (Lipinski definition) is 2. The number of esters is 1. The van der Waals surface area contributed by atoms with Crippen molar-refractivity contribution in [3.05, 3.63) is 71.7 Å². The van der Waals surface area contributed by atoms with Crippen molar-refractivity contribution in [3.63, 3.8) is 0 Å². The molecule has 0 saturated carbocycles. The average Bonchev–Trinajstić information content (AvgIpc) is 2.88. The fourth-order valence-electron chi connectivity index (χ4n) is 2.96. The van der Waals surface area contributed by atoms with E-state index in [0.717, 1.165) is 28.5 Å². The Hall–Kier alpha value is -4.57. The molecule has 38 heavy (non-hydrogen) atoms. The van der Waals surface area contributed by atoms with Gasteiger partial charge in [-0.25, -0.2) is 0 Å². The Morgan fingerprint density at radius 1 is 0.974 bits per heavy atom. The Kier molecular flexibility index (Phi) is 16.4. The SMILES string of the molecule is C=C(C)n1ccc2c(-c3ccc(NC(C)=O)cc3)cccc2c1=O.CC=O.COC.COC(=O)CNC=O. The lowest BCUT2D eigenvalue weighted by molar-refractivity contribution is -0.140. The normalized spacial score (nSPS) is 9.11. The highest BCUT2D eigenvalue weighted by Gasteiger charge is 2.08. The van der Waals surface area contributed by atoms with E-state index in [1.807, 2.05) is 48.5 Å². The summed E-state index contributed by atoms with van der Waals surface area (Å²) in [6, 6.07) is 15.2. The highest BCUT2D eigenvalue weighted by molar-refractivity contribution is 5.97. The minimum atomic E-state index is -0.447. The molecule has 0 unspecified atom stereocenters. The summed E-state index contributed by atoms with van der Waals surface area (Å²) in [6.07, 6.45) is 2.94. The molecule has 0 fully saturated rings. The molecule has 2 amide bonds. The minimum absolute atomic E-state index is 0.0556. The predicted molar refractivity (Wildman–Crippen MR) is 150 cm³/mol. The molecule has 10 nitrogen and oxygen atoms in total. The van der Waals surface area contributed by atoms with Crippen molar-refractivity contribution >= 4 is 46.7 Å². The van der Waals surface area contributed by atoms with Crippen LogP contribution in [0.2, 0.25) is 0 Å². The van der Waals surface area contributed by atoms with Gasteiger partial charge in [0, 0.05) is 44.1 Å². The zero-order valence-corrected chi connectivity index (χ0v) is 22.6. The van der Waals surface area contributed by atoms with Crippen LogP contribution in [-0.2, 0) is 28.7 Å². The van der Waals surface area contributed by atoms with Crippen molar-refractivity contribution in [2.45, 2.75) is 20.8 Å². The number of pyridine rings is 1. The topological polar surface area (TPSA) is 133 Å². The number of carbonyl (C=O) groups excluding carboxylic acids is 4. The molecule has 204 valence electrons. The summed E-state index contributed by atoms with van der Waals surface area (Å²) in [5, 5.41) is 6.44. The van der Waals surface area contributed by atoms with Gasteiger partial charge in [-0.3, -0.25) is 23.7 Å². The molecule has 3 aromatic rings. The average molecular weight is 526 g/mol. The molecule has 0 bridgehead atoms. The van der Waals surface area contributed by atoms with Gasteiger partial charge in [0.1, 0.15) is 12.8 Å². The van der Waals surface area contributed by atoms with Crippen molar-refractivity contribution in [2.75, 3.05) is 33.2 Å². The van der Waals surface area contributed by atoms with E-state index in [1.54, 1.807) is 31.9 Å². The molecule has 3 rings (SSSR count). The second-order valence-corrected chi connectivity index (χ2v) is 7.47. The maximum Gasteiger partial charge on any atom is 0.325 e. The largest absolute Gasteiger partial charge is 0.468 e. The number of fused-ring (bicyclic) bond motifs is 1. The fourth-order valence-corrected chi connectivity index (χ4v) is 2.96. The van der Waals surface area contributed by atoms with Gasteiger partial charge >= 0.3 is 5.97 Å². The molecular formula is C28H35N3O7. The number of aromatic nitrogens is 1. The molecular weight excluding hydrogens is 490 g/mol. The number of methoxy groups -OCH3 is 2. The highest BCUT2D eigenvalue weighted by atomic mass is 16.5. The number of aldehydes is 1. The summed E-state index contributed by atoms with van der Waals surface area (Å²) in [5.74, 6) is -0.551. The van der Waals surface area contributed by atoms with Gasteiger partial charge in [-0.05, 0) is 54.6 Å². The van der Waals surface area contributed by atoms with Crippen LogP contribution in [-0.4, -0.2) is 57.0 Å². The lowest BCUT2D eigenvalue weighted by Crippen LogP contribution is -2.21. The van der Waals surface area contributed by atoms with Crippen molar-refractivity contribution in [2.24, 2.45) is 0 Å². The van der Waals surface area contributed by atoms with Crippen LogP contribution in [0.4, 0.5) is 5.69 Å². The van der Waals surface area contributed by atoms with Gasteiger partial charge in [-0.15, -0.1) is 0 Å². The van der Waals surface area contributed by atoms with Crippen molar-refractivity contribution in [3.8, 4) is 11.1 Å². The van der Waals surface area contributed by atoms with Gasteiger partial charge in [0.2, 0.25) is 12.3 Å². The maximum absolute atomic E-state index is 12.6. The monoisotopic (exact) mass is 525 g/mol. The molecule has 2 N–H and O–H groups in total. The molecule has 10 heteroatoms. The van der Waals surface area contributed by atoms with Crippen LogP contribution in [0.1, 0.15) is 20.8 Å². The first kappa shape index (κ1) is 33.4. The number of hydrogen-bond acceptors (Lipinski definition) is 7. The fraction of sp³-hybridized carbons (Fsp3) is 0.250. The van der Waals surface area contributed by atoms with E-state index in [2.05, 4.69) is 26.7 Å². The van der Waals surface area contributed by atoms with Gasteiger partial charge in [0.05, 0.1) is 7.11 Å². The van der Waals surface area contributed by atoms with Crippen molar-refractivity contribution in [1.82, 2.24) is 9.88 Å². The zero-order valence-electron chi connectivity index (χ0n) is 22.6. The molecule has 0 aliphatic heterocycles. The van der Waals surface area contributed by atoms with Crippen LogP contribution in [0.5, 0.6) is 0 Å². The number of carbonyl (C=O) groups is 4. The molecule has 0 atom stereocenters. The second kappa shape index (κ2) is 18.7. The van der Waals surface area contributed by atoms with E-state index in [9.17, 15) is 19.2 Å². The smallest absolute Gasteiger partial charge is 0.325 e. The van der Waals surface area contributed by atoms with E-state index >= 15 is 0 Å². The third-order valence-corrected chi connectivity index (χ3v) is 4.43. The number of nitrogens with one attached hydrogen (secondary N) is 2. The minimum Gasteiger partial charge on any atom is -0.468 e. The van der Waals surface area contributed by atoms with E-state index in [0.29, 0.717) is 17.5 Å². The van der Waals surface area contributed by atoms with E-state index in [-0.39, 0.29) is 18.0 Å². The first-order valence-corrected chi connectivity index (χ1v) is 11.3. The molecule has 0 aliphatic rings. The first-order chi connectivity index (χ1) is 18.1. The summed E-state index contributed by atoms with van der Waals surface area (Å²) in [6.45, 7) is 8.51. The number of amides is 2. The second-order valence-electron chi connectivity index (χ2n) is 7.47. The van der Waals surface area contributed by atoms with Crippen LogP contribution in [0.15, 0.2) is 66.1 Å². The van der Waals surface area contributed by atoms with Crippen LogP contribution in [0.3, 0.4) is 0 Å². The molecule has 1 heterocycles. The first-order valence-electron chi connectivity index (χ1n) is 11.3. The van der Waals surface area contributed by atoms with Crippen LogP contribution in [0, 0.1) is 0 Å². The number of anilines is 1. The zero-order chi connectivity index (χ0) is 29.1. The molecule has 0 radical (unpaired) electrons. The number of benzene rings is 2. The maximum atomic E-state index is 12.6. The third kappa shape index (κ3) is 11.4. The highest BCUT2D eigenvalue weighted by Crippen LogP contribution is 2.28. The van der Waals surface area contributed by atoms with Crippen LogP contribution < -0.4 is 16.2 Å². The number of ether oxygens (including phenoxy) is 2. The van der Waals surface area contributed by atoms with Crippen LogP contribution >= 0.6 is 0 Å². The molecule has 0 aliphatic carbocycles. The standard InChI is InChI=1S/C20H18N2O2.C4H7NO3.C2H6O.C2H4O/c1-13(2)22-12-11-18-17(5-4-6-19(18)20(22)24)15-7-9-16(10-8-15)21-14(3)23;1-8-4(7)2-5-3-6;1-3-2;1-2-3/h4-12H,1H2,2-3H3,(H,21,23);3H,2H2,1H3,(H,5,6);1-2H3;2H,1H3. The summed E-state index contributed by atoms with van der Waals surface area (Å²) < 4.78 is 9.99. The Bertz CT molecular complexity index is 1270. The van der Waals surface area contributed by atoms with Gasteiger partial charge in [-0.1, -0.05) is 30.8 Å².